The van der Waals surface area contributed by atoms with Gasteiger partial charge in [0.05, 0.1) is 18.4 Å². The normalized spacial score (nSPS) is 9.76. The van der Waals surface area contributed by atoms with Crippen molar-refractivity contribution in [1.82, 2.24) is 4.98 Å². The number of pyridine rings is 1. The average molecular weight is 345 g/mol. The summed E-state index contributed by atoms with van der Waals surface area (Å²) in [5.74, 6) is -0.148. The lowest BCUT2D eigenvalue weighted by Gasteiger charge is -2.10. The highest BCUT2D eigenvalue weighted by atomic mass is 79.9. The van der Waals surface area contributed by atoms with E-state index in [-0.39, 0.29) is 12.5 Å². The van der Waals surface area contributed by atoms with Crippen molar-refractivity contribution in [3.63, 3.8) is 0 Å². The number of nitrogens with zero attached hydrogens (tertiary/aromatic N) is 2. The smallest absolute Gasteiger partial charge is 0.243 e. The van der Waals surface area contributed by atoms with E-state index < -0.39 is 0 Å². The summed E-state index contributed by atoms with van der Waals surface area (Å²) < 4.78 is 0.972. The average Bonchev–Trinajstić information content (AvgIpc) is 2.48. The Bertz CT molecular complexity index is 692. The number of aromatic nitrogens is 1. The molecule has 1 amide bonds. The first-order chi connectivity index (χ1) is 10.1. The standard InChI is InChI=1S/C15H13BrN4O/c1-10-6-11(16)2-5-14(10)20-15(21)9-19-13-4-3-12(7-17)18-8-13/h2-6,8,19H,9H2,1H3,(H,20,21). The molecule has 0 spiro atoms. The molecule has 2 aromatic rings. The summed E-state index contributed by atoms with van der Waals surface area (Å²) in [6.07, 6.45) is 1.52. The predicted octanol–water partition coefficient (Wildman–Crippen LogP) is 3.07. The van der Waals surface area contributed by atoms with Gasteiger partial charge in [-0.05, 0) is 42.8 Å². The molecule has 0 atom stereocenters. The number of nitriles is 1. The molecular formula is C15H13BrN4O. The fourth-order valence-electron chi connectivity index (χ4n) is 1.71. The van der Waals surface area contributed by atoms with Gasteiger partial charge in [0.2, 0.25) is 5.91 Å². The number of carbonyl (C=O) groups excluding carboxylic acids is 1. The fraction of sp³-hybridized carbons (Fsp3) is 0.133. The number of hydrogen-bond acceptors (Lipinski definition) is 4. The lowest BCUT2D eigenvalue weighted by molar-refractivity contribution is -0.114. The van der Waals surface area contributed by atoms with E-state index in [4.69, 9.17) is 5.26 Å². The number of anilines is 2. The van der Waals surface area contributed by atoms with Crippen molar-refractivity contribution >= 4 is 33.2 Å². The van der Waals surface area contributed by atoms with E-state index in [0.29, 0.717) is 11.4 Å². The van der Waals surface area contributed by atoms with Gasteiger partial charge in [0.25, 0.3) is 0 Å². The molecule has 106 valence electrons. The minimum atomic E-state index is -0.148. The molecule has 1 aromatic carbocycles. The molecule has 6 heteroatoms. The Hall–Kier alpha value is -2.39. The molecule has 0 aliphatic heterocycles. The SMILES string of the molecule is Cc1cc(Br)ccc1NC(=O)CNc1ccc(C#N)nc1. The van der Waals surface area contributed by atoms with Gasteiger partial charge in [-0.15, -0.1) is 0 Å². The summed E-state index contributed by atoms with van der Waals surface area (Å²) in [5, 5.41) is 14.4. The van der Waals surface area contributed by atoms with Crippen LogP contribution >= 0.6 is 15.9 Å². The van der Waals surface area contributed by atoms with Gasteiger partial charge in [-0.3, -0.25) is 4.79 Å². The topological polar surface area (TPSA) is 77.8 Å². The molecule has 2 N–H and O–H groups in total. The fourth-order valence-corrected chi connectivity index (χ4v) is 2.18. The molecule has 2 rings (SSSR count). The van der Waals surface area contributed by atoms with Gasteiger partial charge in [-0.1, -0.05) is 15.9 Å². The number of rotatable bonds is 4. The highest BCUT2D eigenvalue weighted by molar-refractivity contribution is 9.10. The first-order valence-corrected chi connectivity index (χ1v) is 7.04. The van der Waals surface area contributed by atoms with Gasteiger partial charge < -0.3 is 10.6 Å². The van der Waals surface area contributed by atoms with E-state index in [1.807, 2.05) is 31.2 Å². The first kappa shape index (κ1) is 15.0. The van der Waals surface area contributed by atoms with E-state index in [0.717, 1.165) is 15.7 Å². The molecule has 0 aliphatic carbocycles. The number of amides is 1. The number of nitrogens with one attached hydrogen (secondary N) is 2. The van der Waals surface area contributed by atoms with E-state index >= 15 is 0 Å². The Morgan fingerprint density at radius 2 is 2.19 bits per heavy atom. The predicted molar refractivity (Wildman–Crippen MR) is 85.0 cm³/mol. The van der Waals surface area contributed by atoms with Crippen molar-refractivity contribution in [2.45, 2.75) is 6.92 Å². The Kier molecular flexibility index (Phi) is 4.90. The number of carbonyl (C=O) groups is 1. The molecule has 0 saturated heterocycles. The first-order valence-electron chi connectivity index (χ1n) is 6.24. The number of halogens is 1. The molecule has 0 unspecified atom stereocenters. The van der Waals surface area contributed by atoms with Gasteiger partial charge in [-0.25, -0.2) is 4.98 Å². The van der Waals surface area contributed by atoms with Gasteiger partial charge in [-0.2, -0.15) is 5.26 Å². The highest BCUT2D eigenvalue weighted by Crippen LogP contribution is 2.19. The summed E-state index contributed by atoms with van der Waals surface area (Å²) in [6, 6.07) is 10.9. The molecule has 1 aromatic heterocycles. The van der Waals surface area contributed by atoms with Gasteiger partial charge in [0.15, 0.2) is 0 Å². The minimum Gasteiger partial charge on any atom is -0.375 e. The monoisotopic (exact) mass is 344 g/mol. The van der Waals surface area contributed by atoms with Crippen LogP contribution in [-0.2, 0) is 4.79 Å². The third kappa shape index (κ3) is 4.29. The van der Waals surface area contributed by atoms with Crippen molar-refractivity contribution in [3.05, 3.63) is 52.3 Å². The summed E-state index contributed by atoms with van der Waals surface area (Å²) in [5.41, 5.74) is 2.80. The Labute approximate surface area is 131 Å². The zero-order chi connectivity index (χ0) is 15.2. The maximum atomic E-state index is 11.9. The third-order valence-corrected chi connectivity index (χ3v) is 3.29. The zero-order valence-electron chi connectivity index (χ0n) is 11.4. The van der Waals surface area contributed by atoms with Crippen LogP contribution in [0, 0.1) is 18.3 Å². The Balaban J connectivity index is 1.91. The van der Waals surface area contributed by atoms with Crippen LogP contribution in [0.15, 0.2) is 41.0 Å². The van der Waals surface area contributed by atoms with Gasteiger partial charge in [0.1, 0.15) is 11.8 Å². The Morgan fingerprint density at radius 1 is 1.38 bits per heavy atom. The summed E-state index contributed by atoms with van der Waals surface area (Å²) >= 11 is 3.38. The van der Waals surface area contributed by atoms with Crippen LogP contribution in [-0.4, -0.2) is 17.4 Å². The van der Waals surface area contributed by atoms with Crippen LogP contribution in [0.3, 0.4) is 0 Å². The van der Waals surface area contributed by atoms with Crippen molar-refractivity contribution in [3.8, 4) is 6.07 Å². The van der Waals surface area contributed by atoms with E-state index in [1.54, 1.807) is 12.1 Å². The van der Waals surface area contributed by atoms with Crippen LogP contribution in [0.1, 0.15) is 11.3 Å². The van der Waals surface area contributed by atoms with Crippen molar-refractivity contribution < 1.29 is 4.79 Å². The summed E-state index contributed by atoms with van der Waals surface area (Å²) in [6.45, 7) is 2.06. The molecule has 1 heterocycles. The molecule has 0 bridgehead atoms. The minimum absolute atomic E-state index is 0.128. The zero-order valence-corrected chi connectivity index (χ0v) is 12.9. The molecule has 0 aliphatic rings. The van der Waals surface area contributed by atoms with E-state index in [9.17, 15) is 4.79 Å². The van der Waals surface area contributed by atoms with Crippen molar-refractivity contribution in [1.29, 1.82) is 5.26 Å². The second kappa shape index (κ2) is 6.86. The maximum absolute atomic E-state index is 11.9. The van der Waals surface area contributed by atoms with Crippen LogP contribution in [0.4, 0.5) is 11.4 Å². The number of benzene rings is 1. The van der Waals surface area contributed by atoms with Gasteiger partial charge in [0, 0.05) is 10.2 Å². The lowest BCUT2D eigenvalue weighted by Crippen LogP contribution is -2.22. The van der Waals surface area contributed by atoms with E-state index in [1.165, 1.54) is 6.20 Å². The largest absolute Gasteiger partial charge is 0.375 e. The second-order valence-electron chi connectivity index (χ2n) is 4.40. The molecule has 0 radical (unpaired) electrons. The molecule has 0 fully saturated rings. The van der Waals surface area contributed by atoms with Crippen LogP contribution in [0.25, 0.3) is 0 Å². The van der Waals surface area contributed by atoms with Crippen molar-refractivity contribution in [2.75, 3.05) is 17.2 Å². The molecule has 0 saturated carbocycles. The van der Waals surface area contributed by atoms with Gasteiger partial charge >= 0.3 is 0 Å². The quantitative estimate of drug-likeness (QED) is 0.893. The van der Waals surface area contributed by atoms with Crippen LogP contribution in [0.2, 0.25) is 0 Å². The van der Waals surface area contributed by atoms with Crippen LogP contribution in [0.5, 0.6) is 0 Å². The second-order valence-corrected chi connectivity index (χ2v) is 5.32. The van der Waals surface area contributed by atoms with Crippen LogP contribution < -0.4 is 10.6 Å². The molecule has 21 heavy (non-hydrogen) atoms. The molecule has 5 nitrogen and oxygen atoms in total. The lowest BCUT2D eigenvalue weighted by atomic mass is 10.2. The molecular weight excluding hydrogens is 332 g/mol. The highest BCUT2D eigenvalue weighted by Gasteiger charge is 2.05. The summed E-state index contributed by atoms with van der Waals surface area (Å²) in [7, 11) is 0. The van der Waals surface area contributed by atoms with Crippen molar-refractivity contribution in [2.24, 2.45) is 0 Å². The number of hydrogen-bond donors (Lipinski definition) is 2. The summed E-state index contributed by atoms with van der Waals surface area (Å²) in [4.78, 5) is 15.8. The Morgan fingerprint density at radius 3 is 2.81 bits per heavy atom. The number of aryl methyl sites for hydroxylation is 1. The van der Waals surface area contributed by atoms with E-state index in [2.05, 4.69) is 31.5 Å². The third-order valence-electron chi connectivity index (χ3n) is 2.79. The maximum Gasteiger partial charge on any atom is 0.243 e.